The number of hydrogen-bond donors (Lipinski definition) is 0. The molecule has 0 unspecified atom stereocenters. The second-order valence-electron chi connectivity index (χ2n) is 7.05. The molecule has 0 N–H and O–H groups in total. The summed E-state index contributed by atoms with van der Waals surface area (Å²) in [6.07, 6.45) is 5.28. The second-order valence-corrected chi connectivity index (χ2v) is 7.05. The highest BCUT2D eigenvalue weighted by Crippen LogP contribution is 2.46. The molecule has 1 heterocycles. The number of likely N-dealkylation sites (tertiary alicyclic amines) is 1. The topological polar surface area (TPSA) is 29.5 Å². The van der Waals surface area contributed by atoms with Gasteiger partial charge < -0.3 is 4.74 Å². The lowest BCUT2D eigenvalue weighted by molar-refractivity contribution is -0.159. The van der Waals surface area contributed by atoms with E-state index in [1.54, 1.807) is 0 Å². The van der Waals surface area contributed by atoms with Gasteiger partial charge in [0.15, 0.2) is 0 Å². The van der Waals surface area contributed by atoms with Gasteiger partial charge in [-0.2, -0.15) is 0 Å². The van der Waals surface area contributed by atoms with E-state index in [2.05, 4.69) is 4.90 Å². The minimum Gasteiger partial charge on any atom is -0.466 e. The molecule has 0 spiro atoms. The fourth-order valence-corrected chi connectivity index (χ4v) is 3.64. The minimum absolute atomic E-state index is 0.00771. The van der Waals surface area contributed by atoms with Gasteiger partial charge in [-0.15, -0.1) is 0 Å². The van der Waals surface area contributed by atoms with E-state index in [1.807, 2.05) is 19.1 Å². The third-order valence-corrected chi connectivity index (χ3v) is 5.22. The number of piperidine rings is 1. The van der Waals surface area contributed by atoms with Crippen molar-refractivity contribution in [3.05, 3.63) is 35.6 Å². The SMILES string of the molecule is CCOC(=O)C1(CC2CC2)CCN(Cc2ccc(F)cc2)CC1. The molecule has 2 fully saturated rings. The summed E-state index contributed by atoms with van der Waals surface area (Å²) in [4.78, 5) is 14.9. The predicted molar refractivity (Wildman–Crippen MR) is 87.3 cm³/mol. The van der Waals surface area contributed by atoms with Crippen molar-refractivity contribution in [3.8, 4) is 0 Å². The zero-order valence-electron chi connectivity index (χ0n) is 13.9. The third-order valence-electron chi connectivity index (χ3n) is 5.22. The van der Waals surface area contributed by atoms with Gasteiger partial charge in [-0.1, -0.05) is 25.0 Å². The van der Waals surface area contributed by atoms with Crippen molar-refractivity contribution in [3.63, 3.8) is 0 Å². The summed E-state index contributed by atoms with van der Waals surface area (Å²) in [7, 11) is 0. The lowest BCUT2D eigenvalue weighted by atomic mass is 9.74. The first-order chi connectivity index (χ1) is 11.1. The summed E-state index contributed by atoms with van der Waals surface area (Å²) in [5.74, 6) is 0.537. The van der Waals surface area contributed by atoms with Gasteiger partial charge >= 0.3 is 5.97 Å². The highest BCUT2D eigenvalue weighted by atomic mass is 19.1. The molecule has 0 aromatic heterocycles. The van der Waals surface area contributed by atoms with Crippen molar-refractivity contribution in [1.82, 2.24) is 4.90 Å². The molecule has 3 rings (SSSR count). The van der Waals surface area contributed by atoms with Gasteiger partial charge in [-0.3, -0.25) is 9.69 Å². The number of ether oxygens (including phenoxy) is 1. The maximum atomic E-state index is 13.0. The Hall–Kier alpha value is -1.42. The summed E-state index contributed by atoms with van der Waals surface area (Å²) >= 11 is 0. The first-order valence-corrected chi connectivity index (χ1v) is 8.75. The normalized spacial score (nSPS) is 21.1. The zero-order valence-corrected chi connectivity index (χ0v) is 13.9. The average molecular weight is 319 g/mol. The molecular weight excluding hydrogens is 293 g/mol. The van der Waals surface area contributed by atoms with Crippen LogP contribution in [0.3, 0.4) is 0 Å². The quantitative estimate of drug-likeness (QED) is 0.748. The van der Waals surface area contributed by atoms with E-state index in [1.165, 1.54) is 25.0 Å². The first-order valence-electron chi connectivity index (χ1n) is 8.75. The van der Waals surface area contributed by atoms with Crippen LogP contribution in [0.5, 0.6) is 0 Å². The third kappa shape index (κ3) is 4.11. The number of carbonyl (C=O) groups is 1. The smallest absolute Gasteiger partial charge is 0.312 e. The lowest BCUT2D eigenvalue weighted by Gasteiger charge is -2.40. The van der Waals surface area contributed by atoms with Crippen LogP contribution in [0.15, 0.2) is 24.3 Å². The number of halogens is 1. The molecule has 1 aromatic carbocycles. The minimum atomic E-state index is -0.267. The molecule has 0 bridgehead atoms. The van der Waals surface area contributed by atoms with E-state index in [0.717, 1.165) is 50.4 Å². The van der Waals surface area contributed by atoms with Gasteiger partial charge in [0.2, 0.25) is 0 Å². The molecule has 1 aliphatic carbocycles. The second kappa shape index (κ2) is 7.00. The van der Waals surface area contributed by atoms with Crippen LogP contribution >= 0.6 is 0 Å². The van der Waals surface area contributed by atoms with Crippen molar-refractivity contribution in [1.29, 1.82) is 0 Å². The maximum absolute atomic E-state index is 13.0. The van der Waals surface area contributed by atoms with Crippen LogP contribution in [0.1, 0.15) is 44.6 Å². The largest absolute Gasteiger partial charge is 0.466 e. The van der Waals surface area contributed by atoms with E-state index < -0.39 is 0 Å². The van der Waals surface area contributed by atoms with E-state index in [9.17, 15) is 9.18 Å². The lowest BCUT2D eigenvalue weighted by Crippen LogP contribution is -2.45. The zero-order chi connectivity index (χ0) is 16.3. The Labute approximate surface area is 137 Å². The molecule has 1 saturated heterocycles. The predicted octanol–water partition coefficient (Wildman–Crippen LogP) is 3.77. The summed E-state index contributed by atoms with van der Waals surface area (Å²) in [5, 5.41) is 0. The molecule has 0 atom stereocenters. The van der Waals surface area contributed by atoms with Gasteiger partial charge in [0.1, 0.15) is 5.82 Å². The number of carbonyl (C=O) groups excluding carboxylic acids is 1. The standard InChI is InChI=1S/C19H26FNO2/c1-2-23-18(22)19(13-15-3-4-15)9-11-21(12-10-19)14-16-5-7-17(20)8-6-16/h5-8,15H,2-4,9-14H2,1H3. The molecule has 1 aliphatic heterocycles. The molecule has 1 saturated carbocycles. The number of rotatable bonds is 6. The monoisotopic (exact) mass is 319 g/mol. The Bertz CT molecular complexity index is 531. The number of esters is 1. The van der Waals surface area contributed by atoms with Crippen LogP contribution in [0.2, 0.25) is 0 Å². The van der Waals surface area contributed by atoms with Crippen LogP contribution in [-0.4, -0.2) is 30.6 Å². The van der Waals surface area contributed by atoms with E-state index in [0.29, 0.717) is 6.61 Å². The van der Waals surface area contributed by atoms with Crippen LogP contribution in [0.4, 0.5) is 4.39 Å². The number of benzene rings is 1. The van der Waals surface area contributed by atoms with Crippen LogP contribution < -0.4 is 0 Å². The molecule has 4 heteroatoms. The molecule has 1 aromatic rings. The summed E-state index contributed by atoms with van der Waals surface area (Å²) in [6.45, 7) is 4.98. The van der Waals surface area contributed by atoms with E-state index in [-0.39, 0.29) is 17.2 Å². The van der Waals surface area contributed by atoms with Crippen molar-refractivity contribution in [2.24, 2.45) is 11.3 Å². The van der Waals surface area contributed by atoms with E-state index in [4.69, 9.17) is 4.74 Å². The maximum Gasteiger partial charge on any atom is 0.312 e. The Kier molecular flexibility index (Phi) is 5.00. The fourth-order valence-electron chi connectivity index (χ4n) is 3.64. The molecular formula is C19H26FNO2. The molecule has 126 valence electrons. The number of nitrogens with zero attached hydrogens (tertiary/aromatic N) is 1. The number of hydrogen-bond acceptors (Lipinski definition) is 3. The molecule has 23 heavy (non-hydrogen) atoms. The summed E-state index contributed by atoms with van der Waals surface area (Å²) in [5.41, 5.74) is 0.855. The van der Waals surface area contributed by atoms with Gasteiger partial charge in [-0.05, 0) is 62.9 Å². The summed E-state index contributed by atoms with van der Waals surface area (Å²) in [6, 6.07) is 6.70. The Morgan fingerprint density at radius 2 is 1.91 bits per heavy atom. The van der Waals surface area contributed by atoms with Crippen molar-refractivity contribution >= 4 is 5.97 Å². The van der Waals surface area contributed by atoms with Crippen molar-refractivity contribution in [2.75, 3.05) is 19.7 Å². The highest BCUT2D eigenvalue weighted by Gasteiger charge is 2.45. The van der Waals surface area contributed by atoms with Gasteiger partial charge in [0, 0.05) is 6.54 Å². The molecule has 2 aliphatic rings. The fraction of sp³-hybridized carbons (Fsp3) is 0.632. The average Bonchev–Trinajstić information content (AvgIpc) is 3.36. The Morgan fingerprint density at radius 1 is 1.26 bits per heavy atom. The van der Waals surface area contributed by atoms with Crippen molar-refractivity contribution < 1.29 is 13.9 Å². The highest BCUT2D eigenvalue weighted by molar-refractivity contribution is 5.77. The van der Waals surface area contributed by atoms with Crippen LogP contribution in [-0.2, 0) is 16.1 Å². The van der Waals surface area contributed by atoms with Gasteiger partial charge in [-0.25, -0.2) is 4.39 Å². The molecule has 0 radical (unpaired) electrons. The van der Waals surface area contributed by atoms with E-state index >= 15 is 0 Å². The molecule has 0 amide bonds. The van der Waals surface area contributed by atoms with Gasteiger partial charge in [0.05, 0.1) is 12.0 Å². The van der Waals surface area contributed by atoms with Crippen molar-refractivity contribution in [2.45, 2.75) is 45.6 Å². The van der Waals surface area contributed by atoms with Crippen LogP contribution in [0.25, 0.3) is 0 Å². The molecule has 3 nitrogen and oxygen atoms in total. The Balaban J connectivity index is 1.59. The first kappa shape index (κ1) is 16.4. The van der Waals surface area contributed by atoms with Gasteiger partial charge in [0.25, 0.3) is 0 Å². The Morgan fingerprint density at radius 3 is 2.48 bits per heavy atom. The summed E-state index contributed by atoms with van der Waals surface area (Å²) < 4.78 is 18.4. The van der Waals surface area contributed by atoms with Crippen LogP contribution in [0, 0.1) is 17.2 Å².